The Balaban J connectivity index is 1.81. The molecule has 236 valence electrons. The number of nitrogens with zero attached hydrogens (tertiary/aromatic N) is 2. The van der Waals surface area contributed by atoms with E-state index in [0.717, 1.165) is 37.5 Å². The molecule has 7 nitrogen and oxygen atoms in total. The van der Waals surface area contributed by atoms with Gasteiger partial charge in [-0.1, -0.05) is 89.6 Å². The number of rotatable bonds is 13. The van der Waals surface area contributed by atoms with Gasteiger partial charge in [0.25, 0.3) is 10.0 Å². The molecule has 0 spiro atoms. The van der Waals surface area contributed by atoms with E-state index < -0.39 is 28.5 Å². The van der Waals surface area contributed by atoms with E-state index in [1.165, 1.54) is 17.0 Å². The van der Waals surface area contributed by atoms with Crippen LogP contribution in [0.1, 0.15) is 42.5 Å². The zero-order valence-corrected chi connectivity index (χ0v) is 28.5. The first-order chi connectivity index (χ1) is 21.5. The highest BCUT2D eigenvalue weighted by atomic mass is 79.9. The predicted molar refractivity (Wildman–Crippen MR) is 183 cm³/mol. The van der Waals surface area contributed by atoms with Crippen LogP contribution in [0, 0.1) is 13.8 Å². The van der Waals surface area contributed by atoms with Crippen molar-refractivity contribution in [2.24, 2.45) is 0 Å². The predicted octanol–water partition coefficient (Wildman–Crippen LogP) is 6.82. The number of halogens is 1. The summed E-state index contributed by atoms with van der Waals surface area (Å²) >= 11 is 3.47. The zero-order valence-electron chi connectivity index (χ0n) is 26.1. The van der Waals surface area contributed by atoms with Gasteiger partial charge >= 0.3 is 0 Å². The Hall–Kier alpha value is -3.95. The number of amides is 2. The van der Waals surface area contributed by atoms with E-state index in [-0.39, 0.29) is 29.8 Å². The summed E-state index contributed by atoms with van der Waals surface area (Å²) in [7, 11) is -4.14. The van der Waals surface area contributed by atoms with E-state index in [0.29, 0.717) is 5.69 Å². The maximum atomic E-state index is 14.6. The van der Waals surface area contributed by atoms with Crippen molar-refractivity contribution < 1.29 is 18.0 Å². The molecular formula is C36H40BrN3O4S. The van der Waals surface area contributed by atoms with E-state index in [1.807, 2.05) is 88.4 Å². The van der Waals surface area contributed by atoms with Gasteiger partial charge in [0.05, 0.1) is 10.6 Å². The molecule has 4 aromatic rings. The molecule has 1 N–H and O–H groups in total. The quantitative estimate of drug-likeness (QED) is 0.167. The fourth-order valence-electron chi connectivity index (χ4n) is 4.91. The van der Waals surface area contributed by atoms with Crippen molar-refractivity contribution >= 4 is 43.5 Å². The average molecular weight is 691 g/mol. The highest BCUT2D eigenvalue weighted by molar-refractivity contribution is 9.10. The SMILES string of the molecule is CC[C@H](C)NC(=O)[C@H](Cc1ccccc1)N(Cc1ccc(Br)cc1)C(=O)CN(c1ccc(C)c(C)c1)S(=O)(=O)c1ccccc1. The van der Waals surface area contributed by atoms with Crippen LogP contribution >= 0.6 is 15.9 Å². The molecule has 0 aliphatic carbocycles. The molecule has 4 aromatic carbocycles. The van der Waals surface area contributed by atoms with Crippen molar-refractivity contribution in [3.63, 3.8) is 0 Å². The van der Waals surface area contributed by atoms with Gasteiger partial charge in [-0.2, -0.15) is 0 Å². The summed E-state index contributed by atoms with van der Waals surface area (Å²) in [5.74, 6) is -0.779. The van der Waals surface area contributed by atoms with Gasteiger partial charge in [-0.3, -0.25) is 13.9 Å². The van der Waals surface area contributed by atoms with E-state index >= 15 is 0 Å². The number of carbonyl (C=O) groups is 2. The van der Waals surface area contributed by atoms with E-state index in [9.17, 15) is 18.0 Å². The highest BCUT2D eigenvalue weighted by Gasteiger charge is 2.35. The number of carbonyl (C=O) groups excluding carboxylic acids is 2. The molecule has 45 heavy (non-hydrogen) atoms. The maximum absolute atomic E-state index is 14.6. The smallest absolute Gasteiger partial charge is 0.264 e. The Bertz CT molecular complexity index is 1700. The molecule has 0 saturated heterocycles. The van der Waals surface area contributed by atoms with Gasteiger partial charge < -0.3 is 10.2 Å². The van der Waals surface area contributed by atoms with Crippen LogP contribution in [0.5, 0.6) is 0 Å². The molecule has 4 rings (SSSR count). The summed E-state index contributed by atoms with van der Waals surface area (Å²) in [5.41, 5.74) is 3.98. The molecular weight excluding hydrogens is 650 g/mol. The number of nitrogens with one attached hydrogen (secondary N) is 1. The lowest BCUT2D eigenvalue weighted by Crippen LogP contribution is -2.54. The van der Waals surface area contributed by atoms with Gasteiger partial charge in [-0.25, -0.2) is 8.42 Å². The Morgan fingerprint density at radius 1 is 0.822 bits per heavy atom. The van der Waals surface area contributed by atoms with E-state index in [4.69, 9.17) is 0 Å². The molecule has 2 amide bonds. The van der Waals surface area contributed by atoms with E-state index in [2.05, 4.69) is 21.2 Å². The Kier molecular flexibility index (Phi) is 11.6. The van der Waals surface area contributed by atoms with Gasteiger partial charge in [0, 0.05) is 23.5 Å². The Morgan fingerprint density at radius 2 is 1.44 bits per heavy atom. The fraction of sp³-hybridized carbons (Fsp3) is 0.278. The van der Waals surface area contributed by atoms with Crippen molar-refractivity contribution in [3.05, 3.63) is 130 Å². The van der Waals surface area contributed by atoms with Crippen LogP contribution in [0.3, 0.4) is 0 Å². The van der Waals surface area contributed by atoms with Crippen LogP contribution in [0.25, 0.3) is 0 Å². The molecule has 0 saturated carbocycles. The van der Waals surface area contributed by atoms with Gasteiger partial charge in [0.15, 0.2) is 0 Å². The average Bonchev–Trinajstić information content (AvgIpc) is 3.04. The minimum atomic E-state index is -4.14. The lowest BCUT2D eigenvalue weighted by atomic mass is 10.0. The number of sulfonamides is 1. The number of aryl methyl sites for hydroxylation is 2. The van der Waals surface area contributed by atoms with Crippen LogP contribution in [-0.4, -0.2) is 43.8 Å². The van der Waals surface area contributed by atoms with E-state index in [1.54, 1.807) is 30.3 Å². The second-order valence-corrected chi connectivity index (χ2v) is 14.0. The number of anilines is 1. The molecule has 2 atom stereocenters. The summed E-state index contributed by atoms with van der Waals surface area (Å²) in [6.07, 6.45) is 0.987. The van der Waals surface area contributed by atoms with Gasteiger partial charge in [0.2, 0.25) is 11.8 Å². The van der Waals surface area contributed by atoms with Crippen LogP contribution < -0.4 is 9.62 Å². The minimum absolute atomic E-state index is 0.0748. The topological polar surface area (TPSA) is 86.8 Å². The van der Waals surface area contributed by atoms with Crippen molar-refractivity contribution in [1.82, 2.24) is 10.2 Å². The van der Waals surface area contributed by atoms with Crippen molar-refractivity contribution in [1.29, 1.82) is 0 Å². The first-order valence-electron chi connectivity index (χ1n) is 15.0. The summed E-state index contributed by atoms with van der Waals surface area (Å²) in [4.78, 5) is 30.1. The molecule has 9 heteroatoms. The second kappa shape index (κ2) is 15.4. The fourth-order valence-corrected chi connectivity index (χ4v) is 6.60. The minimum Gasteiger partial charge on any atom is -0.352 e. The standard InChI is InChI=1S/C36H40BrN3O4S/c1-5-28(4)38-36(42)34(23-29-12-8-6-9-13-29)39(24-30-17-19-31(37)20-18-30)35(41)25-40(32-21-16-26(2)27(3)22-32)45(43,44)33-14-10-7-11-15-33/h6-22,28,34H,5,23-25H2,1-4H3,(H,38,42)/t28-,34-/m0/s1. The zero-order chi connectivity index (χ0) is 32.6. The summed E-state index contributed by atoms with van der Waals surface area (Å²) in [6, 6.07) is 29.5. The van der Waals surface area contributed by atoms with Crippen molar-refractivity contribution in [3.8, 4) is 0 Å². The summed E-state index contributed by atoms with van der Waals surface area (Å²) < 4.78 is 30.3. The first kappa shape index (κ1) is 33.9. The Morgan fingerprint density at radius 3 is 2.04 bits per heavy atom. The molecule has 0 aliphatic rings. The van der Waals surface area contributed by atoms with Crippen molar-refractivity contribution in [2.75, 3.05) is 10.8 Å². The van der Waals surface area contributed by atoms with Gasteiger partial charge in [-0.05, 0) is 85.8 Å². The number of benzene rings is 4. The molecule has 0 aliphatic heterocycles. The lowest BCUT2D eigenvalue weighted by Gasteiger charge is -2.34. The van der Waals surface area contributed by atoms with Crippen LogP contribution in [0.15, 0.2) is 112 Å². The van der Waals surface area contributed by atoms with Crippen LogP contribution in [-0.2, 0) is 32.6 Å². The summed E-state index contributed by atoms with van der Waals surface area (Å²) in [5, 5.41) is 3.06. The third kappa shape index (κ3) is 8.83. The maximum Gasteiger partial charge on any atom is 0.264 e. The van der Waals surface area contributed by atoms with Crippen LogP contribution in [0.2, 0.25) is 0 Å². The summed E-state index contributed by atoms with van der Waals surface area (Å²) in [6.45, 7) is 7.39. The molecule has 0 fully saturated rings. The third-order valence-electron chi connectivity index (χ3n) is 7.93. The van der Waals surface area contributed by atoms with Crippen molar-refractivity contribution in [2.45, 2.75) is 64.1 Å². The largest absolute Gasteiger partial charge is 0.352 e. The first-order valence-corrected chi connectivity index (χ1v) is 17.3. The van der Waals surface area contributed by atoms with Crippen LogP contribution in [0.4, 0.5) is 5.69 Å². The molecule has 0 unspecified atom stereocenters. The second-order valence-electron chi connectivity index (χ2n) is 11.3. The molecule has 0 radical (unpaired) electrons. The Labute approximate surface area is 275 Å². The molecule has 0 bridgehead atoms. The number of hydrogen-bond acceptors (Lipinski definition) is 4. The lowest BCUT2D eigenvalue weighted by molar-refractivity contribution is -0.140. The third-order valence-corrected chi connectivity index (χ3v) is 10.2. The normalized spacial score (nSPS) is 12.6. The number of hydrogen-bond donors (Lipinski definition) is 1. The van der Waals surface area contributed by atoms with Gasteiger partial charge in [-0.15, -0.1) is 0 Å². The monoisotopic (exact) mass is 689 g/mol. The highest BCUT2D eigenvalue weighted by Crippen LogP contribution is 2.27. The van der Waals surface area contributed by atoms with Gasteiger partial charge in [0.1, 0.15) is 12.6 Å². The molecule has 0 aromatic heterocycles. The molecule has 0 heterocycles.